The van der Waals surface area contributed by atoms with Gasteiger partial charge in [-0.25, -0.2) is 9.20 Å². The summed E-state index contributed by atoms with van der Waals surface area (Å²) in [7, 11) is 1.41. The van der Waals surface area contributed by atoms with Gasteiger partial charge in [-0.05, 0) is 22.6 Å². The van der Waals surface area contributed by atoms with Crippen LogP contribution in [0.25, 0.3) is 16.8 Å². The van der Waals surface area contributed by atoms with E-state index in [1.165, 1.54) is 47.1 Å². The quantitative estimate of drug-likeness (QED) is 0.545. The molecule has 1 amide bonds. The minimum Gasteiger partial charge on any atom is -0.292 e. The van der Waals surface area contributed by atoms with Gasteiger partial charge in [0.15, 0.2) is 11.3 Å². The maximum absolute atomic E-state index is 13.2. The zero-order chi connectivity index (χ0) is 19.9. The van der Waals surface area contributed by atoms with Gasteiger partial charge in [-0.3, -0.25) is 14.8 Å². The first-order chi connectivity index (χ1) is 13.3. The molecule has 11 nitrogen and oxygen atoms in total. The first kappa shape index (κ1) is 17.6. The average molecular weight is 392 g/mol. The third kappa shape index (κ3) is 3.38. The molecule has 0 aliphatic rings. The van der Waals surface area contributed by atoms with Gasteiger partial charge in [0, 0.05) is 30.6 Å². The van der Waals surface area contributed by atoms with Crippen LogP contribution in [-0.4, -0.2) is 50.5 Å². The first-order valence-electron chi connectivity index (χ1n) is 7.78. The van der Waals surface area contributed by atoms with Gasteiger partial charge < -0.3 is 0 Å². The lowest BCUT2D eigenvalue weighted by molar-refractivity contribution is -0.141. The summed E-state index contributed by atoms with van der Waals surface area (Å²) >= 11 is 0. The number of aromatic nitrogens is 9. The van der Waals surface area contributed by atoms with Gasteiger partial charge in [-0.2, -0.15) is 23.3 Å². The number of fused-ring (bicyclic) bond motifs is 1. The molecule has 4 heterocycles. The Kier molecular flexibility index (Phi) is 4.01. The summed E-state index contributed by atoms with van der Waals surface area (Å²) in [4.78, 5) is 16.1. The highest BCUT2D eigenvalue weighted by Crippen LogP contribution is 2.35. The number of tetrazole rings is 1. The number of hydrogen-bond donors (Lipinski definition) is 1. The maximum Gasteiger partial charge on any atom is 0.435 e. The van der Waals surface area contributed by atoms with Gasteiger partial charge >= 0.3 is 6.18 Å². The molecule has 0 radical (unpaired) electrons. The van der Waals surface area contributed by atoms with Crippen LogP contribution in [0.3, 0.4) is 0 Å². The van der Waals surface area contributed by atoms with Crippen LogP contribution in [0.4, 0.5) is 19.1 Å². The van der Waals surface area contributed by atoms with Crippen LogP contribution < -0.4 is 5.32 Å². The molecule has 144 valence electrons. The van der Waals surface area contributed by atoms with Crippen molar-refractivity contribution in [2.45, 2.75) is 12.7 Å². The number of alkyl halides is 3. The molecule has 4 aromatic heterocycles. The fraction of sp³-hybridized carbons (Fsp3) is 0.214. The van der Waals surface area contributed by atoms with Crippen molar-refractivity contribution in [1.29, 1.82) is 0 Å². The predicted octanol–water partition coefficient (Wildman–Crippen LogP) is 0.774. The molecule has 0 aliphatic carbocycles. The van der Waals surface area contributed by atoms with E-state index in [9.17, 15) is 18.0 Å². The highest BCUT2D eigenvalue weighted by Gasteiger charge is 2.37. The summed E-state index contributed by atoms with van der Waals surface area (Å²) < 4.78 is 43.1. The second-order valence-corrected chi connectivity index (χ2v) is 5.77. The lowest BCUT2D eigenvalue weighted by Gasteiger charge is -2.06. The molecular formula is C14H11F3N10O. The Morgan fingerprint density at radius 3 is 2.75 bits per heavy atom. The lowest BCUT2D eigenvalue weighted by Crippen LogP contribution is -2.19. The SMILES string of the molecule is Cn1cc(-c2ccc3nc(NC(=O)Cn4cnnn4)nn3c2)c(C(F)(F)F)n1. The molecule has 4 aromatic rings. The van der Waals surface area contributed by atoms with Crippen molar-refractivity contribution in [3.8, 4) is 11.1 Å². The number of hydrogen-bond acceptors (Lipinski definition) is 7. The molecule has 14 heteroatoms. The van der Waals surface area contributed by atoms with E-state index in [-0.39, 0.29) is 23.6 Å². The largest absolute Gasteiger partial charge is 0.435 e. The molecule has 1 N–H and O–H groups in total. The van der Waals surface area contributed by atoms with Crippen LogP contribution in [0.5, 0.6) is 0 Å². The van der Waals surface area contributed by atoms with Gasteiger partial charge in [0.2, 0.25) is 11.9 Å². The van der Waals surface area contributed by atoms with Crippen LogP contribution in [-0.2, 0) is 24.6 Å². The van der Waals surface area contributed by atoms with E-state index in [2.05, 4.69) is 36.0 Å². The smallest absolute Gasteiger partial charge is 0.292 e. The number of nitrogens with zero attached hydrogens (tertiary/aromatic N) is 9. The van der Waals surface area contributed by atoms with Gasteiger partial charge in [0.1, 0.15) is 12.9 Å². The molecule has 0 saturated heterocycles. The molecular weight excluding hydrogens is 381 g/mol. The fourth-order valence-corrected chi connectivity index (χ4v) is 2.57. The highest BCUT2D eigenvalue weighted by molar-refractivity contribution is 5.88. The number of halogens is 3. The number of rotatable bonds is 4. The highest BCUT2D eigenvalue weighted by atomic mass is 19.4. The third-order valence-electron chi connectivity index (χ3n) is 3.69. The Labute approximate surface area is 153 Å². The summed E-state index contributed by atoms with van der Waals surface area (Å²) in [6.07, 6.45) is -0.667. The second-order valence-electron chi connectivity index (χ2n) is 5.77. The summed E-state index contributed by atoms with van der Waals surface area (Å²) in [6.45, 7) is -0.140. The van der Waals surface area contributed by atoms with Crippen molar-refractivity contribution >= 4 is 17.5 Å². The maximum atomic E-state index is 13.2. The van der Waals surface area contributed by atoms with Crippen LogP contribution >= 0.6 is 0 Å². The van der Waals surface area contributed by atoms with E-state index in [0.29, 0.717) is 5.65 Å². The Morgan fingerprint density at radius 1 is 1.21 bits per heavy atom. The third-order valence-corrected chi connectivity index (χ3v) is 3.69. The predicted molar refractivity (Wildman–Crippen MR) is 86.6 cm³/mol. The molecule has 0 bridgehead atoms. The number of carbonyl (C=O) groups excluding carboxylic acids is 1. The summed E-state index contributed by atoms with van der Waals surface area (Å²) in [6, 6.07) is 2.97. The Morgan fingerprint density at radius 2 is 2.04 bits per heavy atom. The number of nitrogens with one attached hydrogen (secondary N) is 1. The molecule has 0 unspecified atom stereocenters. The Hall–Kier alpha value is -3.84. The van der Waals surface area contributed by atoms with E-state index in [4.69, 9.17) is 0 Å². The fourth-order valence-electron chi connectivity index (χ4n) is 2.57. The van der Waals surface area contributed by atoms with Gasteiger partial charge in [0.25, 0.3) is 0 Å². The molecule has 28 heavy (non-hydrogen) atoms. The van der Waals surface area contributed by atoms with E-state index in [1.807, 2.05) is 0 Å². The molecule has 4 rings (SSSR count). The van der Waals surface area contributed by atoms with Crippen LogP contribution in [0.15, 0.2) is 30.9 Å². The zero-order valence-corrected chi connectivity index (χ0v) is 14.2. The van der Waals surface area contributed by atoms with E-state index < -0.39 is 17.8 Å². The van der Waals surface area contributed by atoms with Crippen molar-refractivity contribution in [2.75, 3.05) is 5.32 Å². The molecule has 0 atom stereocenters. The molecule has 0 aromatic carbocycles. The normalized spacial score (nSPS) is 11.9. The van der Waals surface area contributed by atoms with Gasteiger partial charge in [-0.15, -0.1) is 10.2 Å². The van der Waals surface area contributed by atoms with Crippen molar-refractivity contribution in [2.24, 2.45) is 7.05 Å². The van der Waals surface area contributed by atoms with Gasteiger partial charge in [0.05, 0.1) is 0 Å². The average Bonchev–Trinajstić information content (AvgIpc) is 3.32. The van der Waals surface area contributed by atoms with Crippen molar-refractivity contribution in [3.63, 3.8) is 0 Å². The zero-order valence-electron chi connectivity index (χ0n) is 14.2. The van der Waals surface area contributed by atoms with E-state index in [1.54, 1.807) is 0 Å². The molecule has 0 fully saturated rings. The lowest BCUT2D eigenvalue weighted by atomic mass is 10.1. The second kappa shape index (κ2) is 6.40. The number of pyridine rings is 1. The summed E-state index contributed by atoms with van der Waals surface area (Å²) in [5, 5.41) is 20.4. The van der Waals surface area contributed by atoms with Crippen molar-refractivity contribution in [1.82, 2.24) is 44.6 Å². The Balaban J connectivity index is 1.61. The van der Waals surface area contributed by atoms with Crippen molar-refractivity contribution < 1.29 is 18.0 Å². The monoisotopic (exact) mass is 392 g/mol. The molecule has 0 aliphatic heterocycles. The van der Waals surface area contributed by atoms with Crippen LogP contribution in [0.2, 0.25) is 0 Å². The molecule has 0 spiro atoms. The summed E-state index contributed by atoms with van der Waals surface area (Å²) in [5.74, 6) is -0.465. The number of amides is 1. The van der Waals surface area contributed by atoms with Gasteiger partial charge in [-0.1, -0.05) is 0 Å². The minimum absolute atomic E-state index is 0.00236. The minimum atomic E-state index is -4.59. The number of anilines is 1. The molecule has 0 saturated carbocycles. The van der Waals surface area contributed by atoms with E-state index >= 15 is 0 Å². The topological polar surface area (TPSA) is 121 Å². The standard InChI is InChI=1S/C14H11F3N10O/c1-25-5-9(12(21-25)14(15,16)17)8-2-3-10-19-13(22-27(10)4-8)20-11(28)6-26-7-18-23-24-26/h2-5,7H,6H2,1H3,(H,20,22,28). The Bertz CT molecular complexity index is 1140. The summed E-state index contributed by atoms with van der Waals surface area (Å²) in [5.41, 5.74) is -0.482. The van der Waals surface area contributed by atoms with E-state index in [0.717, 1.165) is 4.68 Å². The first-order valence-corrected chi connectivity index (χ1v) is 7.78. The van der Waals surface area contributed by atoms with Crippen LogP contribution in [0, 0.1) is 0 Å². The van der Waals surface area contributed by atoms with Crippen molar-refractivity contribution in [3.05, 3.63) is 36.5 Å². The number of aryl methyl sites for hydroxylation is 1. The van der Waals surface area contributed by atoms with Crippen LogP contribution in [0.1, 0.15) is 5.69 Å². The number of carbonyl (C=O) groups is 1.